The van der Waals surface area contributed by atoms with Gasteiger partial charge < -0.3 is 0 Å². The van der Waals surface area contributed by atoms with E-state index in [1.54, 1.807) is 11.8 Å². The summed E-state index contributed by atoms with van der Waals surface area (Å²) < 4.78 is 12.4. The van der Waals surface area contributed by atoms with Crippen LogP contribution in [0.2, 0.25) is 0 Å². The quantitative estimate of drug-likeness (QED) is 0.551. The molecule has 3 rings (SSSR count). The van der Waals surface area contributed by atoms with Gasteiger partial charge in [0.15, 0.2) is 0 Å². The lowest BCUT2D eigenvalue weighted by molar-refractivity contribution is 0.138. The number of fused-ring (bicyclic) bond motifs is 1. The highest BCUT2D eigenvalue weighted by Crippen LogP contribution is 2.45. The molecule has 1 aliphatic heterocycles. The Bertz CT molecular complexity index is 785. The van der Waals surface area contributed by atoms with Crippen LogP contribution in [-0.4, -0.2) is 28.1 Å². The second-order valence-electron chi connectivity index (χ2n) is 6.73. The van der Waals surface area contributed by atoms with Gasteiger partial charge in [-0.2, -0.15) is 0 Å². The second-order valence-corrected chi connectivity index (χ2v) is 8.60. The second kappa shape index (κ2) is 7.36. The molecule has 1 unspecified atom stereocenters. The fraction of sp³-hybridized carbons (Fsp3) is 0.350. The number of hydrogen-bond acceptors (Lipinski definition) is 4. The molecular formula is C20H23N2OS2+. The fourth-order valence-corrected chi connectivity index (χ4v) is 5.63. The van der Waals surface area contributed by atoms with Gasteiger partial charge in [0, 0.05) is 50.1 Å². The van der Waals surface area contributed by atoms with Crippen molar-refractivity contribution < 1.29 is 4.21 Å². The molecule has 1 aliphatic carbocycles. The Hall–Kier alpha value is -1.56. The zero-order valence-corrected chi connectivity index (χ0v) is 16.6. The first-order valence-corrected chi connectivity index (χ1v) is 10.1. The summed E-state index contributed by atoms with van der Waals surface area (Å²) in [7, 11) is 0. The first-order valence-electron chi connectivity index (χ1n) is 8.49. The van der Waals surface area contributed by atoms with E-state index in [1.165, 1.54) is 0 Å². The van der Waals surface area contributed by atoms with E-state index in [0.717, 1.165) is 20.9 Å². The summed E-state index contributed by atoms with van der Waals surface area (Å²) in [5, 5.41) is 0. The predicted molar refractivity (Wildman–Crippen MR) is 108 cm³/mol. The third-order valence-corrected chi connectivity index (χ3v) is 6.36. The number of thioether (sulfide) groups is 1. The van der Waals surface area contributed by atoms with Crippen LogP contribution in [0.4, 0.5) is 0 Å². The third kappa shape index (κ3) is 3.28. The smallest absolute Gasteiger partial charge is 0.263 e. The Morgan fingerprint density at radius 2 is 1.88 bits per heavy atom. The monoisotopic (exact) mass is 371 g/mol. The molecule has 1 aromatic rings. The van der Waals surface area contributed by atoms with Crippen molar-refractivity contribution in [3.8, 4) is 0 Å². The lowest BCUT2D eigenvalue weighted by Gasteiger charge is -2.36. The molecule has 0 radical (unpaired) electrons. The topological polar surface area (TPSA) is 32.7 Å². The Kier molecular flexibility index (Phi) is 5.37. The van der Waals surface area contributed by atoms with Crippen molar-refractivity contribution in [2.45, 2.75) is 49.5 Å². The SMILES string of the molecule is CC(C)N(C(C)C)C1([S+]=O)C=CC=C1C1=CN=Cc2ccccc2S1. The molecule has 0 amide bonds. The highest BCUT2D eigenvalue weighted by atomic mass is 32.2. The van der Waals surface area contributed by atoms with E-state index in [2.05, 4.69) is 55.8 Å². The summed E-state index contributed by atoms with van der Waals surface area (Å²) in [4.78, 5) is 8.25. The molecule has 130 valence electrons. The summed E-state index contributed by atoms with van der Waals surface area (Å²) in [5.41, 5.74) is 2.13. The van der Waals surface area contributed by atoms with Crippen molar-refractivity contribution in [3.05, 3.63) is 64.7 Å². The summed E-state index contributed by atoms with van der Waals surface area (Å²) >= 11 is 2.33. The number of benzene rings is 1. The Labute approximate surface area is 158 Å². The zero-order chi connectivity index (χ0) is 18.0. The minimum Gasteiger partial charge on any atom is -0.263 e. The van der Waals surface area contributed by atoms with Crippen molar-refractivity contribution in [1.82, 2.24) is 4.90 Å². The van der Waals surface area contributed by atoms with E-state index >= 15 is 0 Å². The van der Waals surface area contributed by atoms with Crippen molar-refractivity contribution in [1.29, 1.82) is 0 Å². The molecule has 0 saturated carbocycles. The van der Waals surface area contributed by atoms with Crippen LogP contribution in [-0.2, 0) is 15.9 Å². The molecule has 0 spiro atoms. The number of aliphatic imine (C=N–C) groups is 1. The van der Waals surface area contributed by atoms with Gasteiger partial charge in [-0.1, -0.05) is 36.0 Å². The summed E-state index contributed by atoms with van der Waals surface area (Å²) in [6, 6.07) is 8.72. The molecule has 0 fully saturated rings. The molecule has 25 heavy (non-hydrogen) atoms. The lowest BCUT2D eigenvalue weighted by Crippen LogP contribution is -2.54. The Morgan fingerprint density at radius 3 is 2.56 bits per heavy atom. The van der Waals surface area contributed by atoms with Gasteiger partial charge in [0.1, 0.15) is 0 Å². The van der Waals surface area contributed by atoms with Gasteiger partial charge in [-0.25, -0.2) is 4.90 Å². The molecule has 3 nitrogen and oxygen atoms in total. The standard InChI is InChI=1S/C20H23N2OS2/c1-14(2)22(15(3)4)20(25-23)11-7-9-17(20)19-13-21-12-16-8-5-6-10-18(16)24-19/h5-15H,1-4H3/q+1. The molecule has 2 aliphatic rings. The maximum absolute atomic E-state index is 12.4. The third-order valence-electron chi connectivity index (χ3n) is 4.40. The summed E-state index contributed by atoms with van der Waals surface area (Å²) in [6.45, 7) is 8.57. The van der Waals surface area contributed by atoms with Crippen LogP contribution in [0.15, 0.2) is 69.1 Å². The van der Waals surface area contributed by atoms with E-state index in [9.17, 15) is 4.21 Å². The summed E-state index contributed by atoms with van der Waals surface area (Å²) in [6.07, 6.45) is 9.85. The minimum atomic E-state index is -0.698. The zero-order valence-electron chi connectivity index (χ0n) is 15.0. The van der Waals surface area contributed by atoms with E-state index < -0.39 is 4.87 Å². The predicted octanol–water partition coefficient (Wildman–Crippen LogP) is 4.79. The Morgan fingerprint density at radius 1 is 1.16 bits per heavy atom. The molecule has 1 aromatic carbocycles. The molecule has 0 N–H and O–H groups in total. The maximum atomic E-state index is 12.4. The maximum Gasteiger partial charge on any atom is 0.493 e. The van der Waals surface area contributed by atoms with Gasteiger partial charge in [-0.3, -0.25) is 4.99 Å². The van der Waals surface area contributed by atoms with Crippen molar-refractivity contribution in [2.75, 3.05) is 0 Å². The number of nitrogens with zero attached hydrogens (tertiary/aromatic N) is 2. The number of hydrogen-bond donors (Lipinski definition) is 0. The van der Waals surface area contributed by atoms with Gasteiger partial charge >= 0.3 is 16.5 Å². The normalized spacial score (nSPS) is 22.2. The van der Waals surface area contributed by atoms with Gasteiger partial charge in [-0.05, 0) is 39.8 Å². The van der Waals surface area contributed by atoms with E-state index in [1.807, 2.05) is 36.7 Å². The molecular weight excluding hydrogens is 348 g/mol. The van der Waals surface area contributed by atoms with E-state index in [4.69, 9.17) is 0 Å². The van der Waals surface area contributed by atoms with E-state index in [-0.39, 0.29) is 12.1 Å². The lowest BCUT2D eigenvalue weighted by atomic mass is 10.0. The van der Waals surface area contributed by atoms with Crippen molar-refractivity contribution in [3.63, 3.8) is 0 Å². The van der Waals surface area contributed by atoms with Crippen molar-refractivity contribution >= 4 is 29.6 Å². The molecule has 0 saturated heterocycles. The van der Waals surface area contributed by atoms with Gasteiger partial charge in [-0.15, -0.1) is 0 Å². The van der Waals surface area contributed by atoms with Gasteiger partial charge in [0.2, 0.25) is 0 Å². The van der Waals surface area contributed by atoms with Crippen LogP contribution in [0.25, 0.3) is 0 Å². The highest BCUT2D eigenvalue weighted by Gasteiger charge is 2.56. The molecule has 5 heteroatoms. The average molecular weight is 372 g/mol. The van der Waals surface area contributed by atoms with Crippen LogP contribution in [0.3, 0.4) is 0 Å². The molecule has 0 aromatic heterocycles. The molecule has 0 bridgehead atoms. The van der Waals surface area contributed by atoms with Crippen molar-refractivity contribution in [2.24, 2.45) is 4.99 Å². The molecule has 1 atom stereocenters. The van der Waals surface area contributed by atoms with Crippen LogP contribution in [0, 0.1) is 0 Å². The minimum absolute atomic E-state index is 0.250. The highest BCUT2D eigenvalue weighted by molar-refractivity contribution is 8.03. The number of rotatable bonds is 5. The first-order chi connectivity index (χ1) is 12.0. The molecule has 1 heterocycles. The van der Waals surface area contributed by atoms with Crippen LogP contribution >= 0.6 is 11.8 Å². The van der Waals surface area contributed by atoms with E-state index in [0.29, 0.717) is 11.7 Å². The first kappa shape index (κ1) is 18.2. The van der Waals surface area contributed by atoms with Gasteiger partial charge in [0.05, 0.1) is 5.57 Å². The van der Waals surface area contributed by atoms with Crippen LogP contribution in [0.5, 0.6) is 0 Å². The summed E-state index contributed by atoms with van der Waals surface area (Å²) in [5.74, 6) is 0. The van der Waals surface area contributed by atoms with Gasteiger partial charge in [0.25, 0.3) is 0 Å². The van der Waals surface area contributed by atoms with Crippen LogP contribution in [0.1, 0.15) is 33.3 Å². The Balaban J connectivity index is 2.04. The fourth-order valence-electron chi connectivity index (χ4n) is 3.58. The largest absolute Gasteiger partial charge is 0.493 e. The van der Waals surface area contributed by atoms with Crippen LogP contribution < -0.4 is 0 Å². The number of allylic oxidation sites excluding steroid dienone is 2. The average Bonchev–Trinajstić information content (AvgIpc) is 2.87.